The first-order valence-electron chi connectivity index (χ1n) is 2.57. The maximum absolute atomic E-state index is 8.64. The van der Waals surface area contributed by atoms with E-state index in [-0.39, 0.29) is 6.61 Å². The molecule has 0 bridgehead atoms. The zero-order chi connectivity index (χ0) is 7.56. The molecule has 0 aromatic carbocycles. The van der Waals surface area contributed by atoms with E-state index in [0.717, 1.165) is 0 Å². The van der Waals surface area contributed by atoms with Gasteiger partial charge in [-0.05, 0) is 6.07 Å². The summed E-state index contributed by atoms with van der Waals surface area (Å²) in [5.74, 6) is 0. The standard InChI is InChI=1S/C6H4ClNOS/c7-6-4(3-9)1-5(2-8)10-6/h1,9H,3H2. The van der Waals surface area contributed by atoms with Gasteiger partial charge in [0.2, 0.25) is 0 Å². The molecule has 10 heavy (non-hydrogen) atoms. The Morgan fingerprint density at radius 2 is 2.50 bits per heavy atom. The van der Waals surface area contributed by atoms with Gasteiger partial charge in [-0.2, -0.15) is 5.26 Å². The topological polar surface area (TPSA) is 44.0 Å². The summed E-state index contributed by atoms with van der Waals surface area (Å²) in [5, 5.41) is 17.0. The van der Waals surface area contributed by atoms with Gasteiger partial charge < -0.3 is 5.11 Å². The fourth-order valence-corrected chi connectivity index (χ4v) is 1.63. The molecule has 1 aromatic rings. The Morgan fingerprint density at radius 1 is 1.80 bits per heavy atom. The molecule has 0 aliphatic rings. The molecule has 0 spiro atoms. The van der Waals surface area contributed by atoms with Crippen LogP contribution in [0.3, 0.4) is 0 Å². The summed E-state index contributed by atoms with van der Waals surface area (Å²) < 4.78 is 0.499. The van der Waals surface area contributed by atoms with Crippen molar-refractivity contribution in [2.24, 2.45) is 0 Å². The van der Waals surface area contributed by atoms with Crippen molar-refractivity contribution in [1.82, 2.24) is 0 Å². The zero-order valence-corrected chi connectivity index (χ0v) is 6.54. The van der Waals surface area contributed by atoms with Crippen molar-refractivity contribution in [3.8, 4) is 6.07 Å². The maximum atomic E-state index is 8.64. The molecular formula is C6H4ClNOS. The highest BCUT2D eigenvalue weighted by Crippen LogP contribution is 2.26. The fraction of sp³-hybridized carbons (Fsp3) is 0.167. The van der Waals surface area contributed by atoms with E-state index in [1.807, 2.05) is 6.07 Å². The lowest BCUT2D eigenvalue weighted by atomic mass is 10.3. The number of halogens is 1. The van der Waals surface area contributed by atoms with Crippen LogP contribution in [0.15, 0.2) is 6.07 Å². The summed E-state index contributed by atoms with van der Waals surface area (Å²) in [7, 11) is 0. The van der Waals surface area contributed by atoms with Gasteiger partial charge in [0.25, 0.3) is 0 Å². The molecule has 0 saturated heterocycles. The van der Waals surface area contributed by atoms with Crippen LogP contribution in [0.4, 0.5) is 0 Å². The Labute approximate surface area is 67.3 Å². The van der Waals surface area contributed by atoms with Gasteiger partial charge in [-0.3, -0.25) is 0 Å². The minimum Gasteiger partial charge on any atom is -0.392 e. The van der Waals surface area contributed by atoms with E-state index in [9.17, 15) is 0 Å². The molecule has 0 fully saturated rings. The van der Waals surface area contributed by atoms with E-state index in [1.165, 1.54) is 11.3 Å². The van der Waals surface area contributed by atoms with E-state index >= 15 is 0 Å². The molecule has 0 aliphatic carbocycles. The number of thiophene rings is 1. The van der Waals surface area contributed by atoms with Crippen LogP contribution in [-0.4, -0.2) is 5.11 Å². The van der Waals surface area contributed by atoms with E-state index in [2.05, 4.69) is 0 Å². The van der Waals surface area contributed by atoms with Crippen molar-refractivity contribution in [3.05, 3.63) is 20.8 Å². The second-order valence-electron chi connectivity index (χ2n) is 1.68. The van der Waals surface area contributed by atoms with Gasteiger partial charge in [-0.1, -0.05) is 11.6 Å². The first-order chi connectivity index (χ1) is 4.77. The van der Waals surface area contributed by atoms with Crippen LogP contribution in [0, 0.1) is 11.3 Å². The zero-order valence-electron chi connectivity index (χ0n) is 4.97. The fourth-order valence-electron chi connectivity index (χ4n) is 0.569. The molecule has 0 unspecified atom stereocenters. The van der Waals surface area contributed by atoms with Crippen molar-refractivity contribution in [3.63, 3.8) is 0 Å². The van der Waals surface area contributed by atoms with Crippen LogP contribution in [-0.2, 0) is 6.61 Å². The van der Waals surface area contributed by atoms with Gasteiger partial charge in [0.1, 0.15) is 10.9 Å². The Bertz CT molecular complexity index is 276. The number of rotatable bonds is 1. The molecule has 0 aliphatic heterocycles. The first kappa shape index (κ1) is 7.55. The Hall–Kier alpha value is -0.560. The lowest BCUT2D eigenvalue weighted by molar-refractivity contribution is 0.282. The number of nitriles is 1. The summed E-state index contributed by atoms with van der Waals surface area (Å²) in [6.45, 7) is -0.100. The average Bonchev–Trinajstić information content (AvgIpc) is 2.30. The molecule has 4 heteroatoms. The summed E-state index contributed by atoms with van der Waals surface area (Å²) >= 11 is 6.81. The maximum Gasteiger partial charge on any atom is 0.110 e. The van der Waals surface area contributed by atoms with E-state index < -0.39 is 0 Å². The molecule has 0 atom stereocenters. The average molecular weight is 174 g/mol. The lowest BCUT2D eigenvalue weighted by Crippen LogP contribution is -1.75. The van der Waals surface area contributed by atoms with Crippen molar-refractivity contribution in [2.75, 3.05) is 0 Å². The smallest absolute Gasteiger partial charge is 0.110 e. The predicted molar refractivity (Wildman–Crippen MR) is 40.0 cm³/mol. The molecule has 1 heterocycles. The Kier molecular flexibility index (Phi) is 2.28. The van der Waals surface area contributed by atoms with Gasteiger partial charge in [0.15, 0.2) is 0 Å². The van der Waals surface area contributed by atoms with E-state index in [4.69, 9.17) is 22.0 Å². The highest BCUT2D eigenvalue weighted by molar-refractivity contribution is 7.16. The second-order valence-corrected chi connectivity index (χ2v) is 3.33. The molecular weight excluding hydrogens is 170 g/mol. The van der Waals surface area contributed by atoms with Crippen molar-refractivity contribution in [1.29, 1.82) is 5.26 Å². The number of aliphatic hydroxyl groups excluding tert-OH is 1. The molecule has 52 valence electrons. The third-order valence-corrected chi connectivity index (χ3v) is 2.38. The van der Waals surface area contributed by atoms with Gasteiger partial charge in [-0.15, -0.1) is 11.3 Å². The quantitative estimate of drug-likeness (QED) is 0.704. The van der Waals surface area contributed by atoms with Crippen LogP contribution in [0.5, 0.6) is 0 Å². The molecule has 0 saturated carbocycles. The van der Waals surface area contributed by atoms with Crippen LogP contribution in [0.2, 0.25) is 4.34 Å². The third kappa shape index (κ3) is 1.29. The van der Waals surface area contributed by atoms with Gasteiger partial charge >= 0.3 is 0 Å². The number of aliphatic hydroxyl groups is 1. The largest absolute Gasteiger partial charge is 0.392 e. The molecule has 0 amide bonds. The van der Waals surface area contributed by atoms with Crippen LogP contribution >= 0.6 is 22.9 Å². The highest BCUT2D eigenvalue weighted by Gasteiger charge is 2.04. The summed E-state index contributed by atoms with van der Waals surface area (Å²) in [5.41, 5.74) is 0.628. The minimum absolute atomic E-state index is 0.100. The monoisotopic (exact) mass is 173 g/mol. The Morgan fingerprint density at radius 3 is 2.80 bits per heavy atom. The SMILES string of the molecule is N#Cc1cc(CO)c(Cl)s1. The second kappa shape index (κ2) is 3.02. The third-order valence-electron chi connectivity index (χ3n) is 1.04. The number of hydrogen-bond acceptors (Lipinski definition) is 3. The van der Waals surface area contributed by atoms with Crippen molar-refractivity contribution < 1.29 is 5.11 Å². The normalized spacial score (nSPS) is 9.30. The number of nitrogens with zero attached hydrogens (tertiary/aromatic N) is 1. The first-order valence-corrected chi connectivity index (χ1v) is 3.76. The summed E-state index contributed by atoms with van der Waals surface area (Å²) in [6, 6.07) is 3.54. The highest BCUT2D eigenvalue weighted by atomic mass is 35.5. The van der Waals surface area contributed by atoms with Gasteiger partial charge in [-0.25, -0.2) is 0 Å². The minimum atomic E-state index is -0.100. The lowest BCUT2D eigenvalue weighted by Gasteiger charge is -1.84. The van der Waals surface area contributed by atoms with Crippen molar-refractivity contribution in [2.45, 2.75) is 6.61 Å². The summed E-state index contributed by atoms with van der Waals surface area (Å²) in [4.78, 5) is 0.536. The molecule has 0 radical (unpaired) electrons. The predicted octanol–water partition coefficient (Wildman–Crippen LogP) is 1.77. The molecule has 1 aromatic heterocycles. The van der Waals surface area contributed by atoms with Crippen LogP contribution in [0.25, 0.3) is 0 Å². The molecule has 1 N–H and O–H groups in total. The van der Waals surface area contributed by atoms with Crippen molar-refractivity contribution >= 4 is 22.9 Å². The molecule has 2 nitrogen and oxygen atoms in total. The Balaban J connectivity index is 3.07. The van der Waals surface area contributed by atoms with Crippen LogP contribution in [0.1, 0.15) is 10.4 Å². The number of hydrogen-bond donors (Lipinski definition) is 1. The van der Waals surface area contributed by atoms with E-state index in [1.54, 1.807) is 6.07 Å². The van der Waals surface area contributed by atoms with Crippen LogP contribution < -0.4 is 0 Å². The molecule has 1 rings (SSSR count). The van der Waals surface area contributed by atoms with E-state index in [0.29, 0.717) is 14.8 Å². The van der Waals surface area contributed by atoms with Gasteiger partial charge in [0.05, 0.1) is 10.9 Å². The summed E-state index contributed by atoms with van der Waals surface area (Å²) in [6.07, 6.45) is 0. The van der Waals surface area contributed by atoms with Gasteiger partial charge in [0, 0.05) is 5.56 Å².